The molecule has 1 aliphatic heterocycles. The molecule has 2 atom stereocenters. The highest BCUT2D eigenvalue weighted by molar-refractivity contribution is 7.89. The number of piperazine rings is 1. The number of carbonyl (C=O) groups excluding carboxylic acids is 2. The number of imide groups is 1. The van der Waals surface area contributed by atoms with Crippen LogP contribution in [-0.2, 0) is 14.8 Å². The van der Waals surface area contributed by atoms with E-state index >= 15 is 0 Å². The van der Waals surface area contributed by atoms with Gasteiger partial charge < -0.3 is 5.32 Å². The molecule has 0 radical (unpaired) electrons. The molecule has 0 spiro atoms. The normalized spacial score (nSPS) is 23.3. The second-order valence-electron chi connectivity index (χ2n) is 8.12. The quantitative estimate of drug-likeness (QED) is 0.660. The summed E-state index contributed by atoms with van der Waals surface area (Å²) in [7, 11) is -3.78. The molecule has 0 aromatic heterocycles. The average molecular weight is 491 g/mol. The van der Waals surface area contributed by atoms with Crippen LogP contribution in [0.4, 0.5) is 4.79 Å². The highest BCUT2D eigenvalue weighted by atomic mass is 35.5. The first-order valence-corrected chi connectivity index (χ1v) is 12.6. The molecule has 2 N–H and O–H groups in total. The Morgan fingerprint density at radius 2 is 1.77 bits per heavy atom. The zero-order chi connectivity index (χ0) is 22.6. The van der Waals surface area contributed by atoms with Crippen LogP contribution in [0.2, 0.25) is 10.0 Å². The van der Waals surface area contributed by atoms with Gasteiger partial charge in [0.15, 0.2) is 0 Å². The average Bonchev–Trinajstić information content (AvgIpc) is 2.72. The molecule has 31 heavy (non-hydrogen) atoms. The van der Waals surface area contributed by atoms with Crippen LogP contribution in [0.3, 0.4) is 0 Å². The van der Waals surface area contributed by atoms with Gasteiger partial charge in [0.05, 0.1) is 16.6 Å². The van der Waals surface area contributed by atoms with Crippen LogP contribution in [0.1, 0.15) is 32.6 Å². The van der Waals surface area contributed by atoms with Gasteiger partial charge in [-0.05, 0) is 30.9 Å². The maximum Gasteiger partial charge on any atom is 0.321 e. The predicted molar refractivity (Wildman–Crippen MR) is 120 cm³/mol. The Morgan fingerprint density at radius 1 is 1.10 bits per heavy atom. The van der Waals surface area contributed by atoms with Gasteiger partial charge in [-0.15, -0.1) is 0 Å². The summed E-state index contributed by atoms with van der Waals surface area (Å²) >= 11 is 12.0. The fourth-order valence-electron chi connectivity index (χ4n) is 4.05. The Morgan fingerprint density at radius 3 is 2.45 bits per heavy atom. The lowest BCUT2D eigenvalue weighted by Gasteiger charge is -2.33. The molecule has 1 aromatic carbocycles. The van der Waals surface area contributed by atoms with E-state index in [1.165, 1.54) is 22.9 Å². The fourth-order valence-corrected chi connectivity index (χ4v) is 6.21. The SMILES string of the molecule is CC1CCCCC1NC(=O)NC(=O)CN1CCN(S(=O)(=O)c2cccc(Cl)c2Cl)CC1. The van der Waals surface area contributed by atoms with E-state index in [-0.39, 0.29) is 40.6 Å². The Bertz CT molecular complexity index is 920. The van der Waals surface area contributed by atoms with E-state index in [4.69, 9.17) is 23.2 Å². The molecule has 1 aromatic rings. The van der Waals surface area contributed by atoms with Crippen molar-refractivity contribution in [3.8, 4) is 0 Å². The van der Waals surface area contributed by atoms with Crippen molar-refractivity contribution in [1.29, 1.82) is 0 Å². The number of benzene rings is 1. The van der Waals surface area contributed by atoms with Crippen LogP contribution in [0, 0.1) is 5.92 Å². The van der Waals surface area contributed by atoms with Gasteiger partial charge in [-0.25, -0.2) is 13.2 Å². The van der Waals surface area contributed by atoms with Gasteiger partial charge in [0, 0.05) is 32.2 Å². The lowest BCUT2D eigenvalue weighted by molar-refractivity contribution is -0.121. The van der Waals surface area contributed by atoms with Gasteiger partial charge in [0.2, 0.25) is 15.9 Å². The van der Waals surface area contributed by atoms with Crippen LogP contribution in [0.25, 0.3) is 0 Å². The number of halogens is 2. The largest absolute Gasteiger partial charge is 0.335 e. The van der Waals surface area contributed by atoms with Crippen molar-refractivity contribution in [2.75, 3.05) is 32.7 Å². The van der Waals surface area contributed by atoms with E-state index in [0.29, 0.717) is 19.0 Å². The van der Waals surface area contributed by atoms with Crippen LogP contribution in [-0.4, -0.2) is 68.3 Å². The summed E-state index contributed by atoms with van der Waals surface area (Å²) in [6, 6.07) is 4.12. The first-order valence-electron chi connectivity index (χ1n) is 10.5. The molecule has 3 rings (SSSR count). The summed E-state index contributed by atoms with van der Waals surface area (Å²) in [5, 5.41) is 5.46. The second kappa shape index (κ2) is 10.5. The Labute approximate surface area is 193 Å². The highest BCUT2D eigenvalue weighted by Gasteiger charge is 2.31. The minimum absolute atomic E-state index is 0.00395. The first-order chi connectivity index (χ1) is 14.7. The van der Waals surface area contributed by atoms with E-state index in [1.807, 2.05) is 4.90 Å². The van der Waals surface area contributed by atoms with Crippen LogP contribution in [0.5, 0.6) is 0 Å². The van der Waals surface area contributed by atoms with Gasteiger partial charge in [-0.2, -0.15) is 4.31 Å². The summed E-state index contributed by atoms with van der Waals surface area (Å²) in [6.07, 6.45) is 4.25. The molecule has 1 saturated carbocycles. The summed E-state index contributed by atoms with van der Waals surface area (Å²) in [5.41, 5.74) is 0. The van der Waals surface area contributed by atoms with Crippen molar-refractivity contribution in [1.82, 2.24) is 19.8 Å². The summed E-state index contributed by atoms with van der Waals surface area (Å²) < 4.78 is 27.1. The summed E-state index contributed by atoms with van der Waals surface area (Å²) in [6.45, 7) is 3.29. The molecule has 3 amide bonds. The summed E-state index contributed by atoms with van der Waals surface area (Å²) in [4.78, 5) is 26.2. The third kappa shape index (κ3) is 6.10. The van der Waals surface area contributed by atoms with Crippen LogP contribution >= 0.6 is 23.2 Å². The number of nitrogens with zero attached hydrogens (tertiary/aromatic N) is 2. The monoisotopic (exact) mass is 490 g/mol. The van der Waals surface area contributed by atoms with Gasteiger partial charge in [0.25, 0.3) is 0 Å². The standard InChI is InChI=1S/C20H28Cl2N4O4S/c1-14-5-2-3-7-16(14)23-20(28)24-18(27)13-25-9-11-26(12-10-25)31(29,30)17-8-4-6-15(21)19(17)22/h4,6,8,14,16H,2-3,5,7,9-13H2,1H3,(H2,23,24,27,28). The number of urea groups is 1. The molecule has 2 fully saturated rings. The molecule has 172 valence electrons. The summed E-state index contributed by atoms with van der Waals surface area (Å²) in [5.74, 6) is -0.00668. The third-order valence-corrected chi connectivity index (χ3v) is 8.79. The second-order valence-corrected chi connectivity index (χ2v) is 10.8. The third-order valence-electron chi connectivity index (χ3n) is 5.91. The molecule has 11 heteroatoms. The lowest BCUT2D eigenvalue weighted by atomic mass is 9.86. The number of rotatable bonds is 5. The molecule has 1 heterocycles. The molecule has 2 unspecified atom stereocenters. The molecular formula is C20H28Cl2N4O4S. The zero-order valence-corrected chi connectivity index (χ0v) is 19.8. The topological polar surface area (TPSA) is 98.8 Å². The highest BCUT2D eigenvalue weighted by Crippen LogP contribution is 2.31. The minimum Gasteiger partial charge on any atom is -0.335 e. The number of carbonyl (C=O) groups is 2. The number of hydrogen-bond acceptors (Lipinski definition) is 5. The van der Waals surface area contributed by atoms with Crippen molar-refractivity contribution in [3.05, 3.63) is 28.2 Å². The maximum absolute atomic E-state index is 12.9. The van der Waals surface area contributed by atoms with E-state index in [0.717, 1.165) is 19.3 Å². The predicted octanol–water partition coefficient (Wildman–Crippen LogP) is 2.70. The molecule has 1 aliphatic carbocycles. The number of hydrogen-bond donors (Lipinski definition) is 2. The number of sulfonamides is 1. The van der Waals surface area contributed by atoms with E-state index < -0.39 is 22.0 Å². The molecule has 8 nitrogen and oxygen atoms in total. The Hall–Kier alpha value is -1.39. The van der Waals surface area contributed by atoms with Gasteiger partial charge in [0.1, 0.15) is 4.90 Å². The Kier molecular flexibility index (Phi) is 8.20. The number of nitrogens with one attached hydrogen (secondary N) is 2. The maximum atomic E-state index is 12.9. The Balaban J connectivity index is 1.48. The fraction of sp³-hybridized carbons (Fsp3) is 0.600. The van der Waals surface area contributed by atoms with E-state index in [9.17, 15) is 18.0 Å². The van der Waals surface area contributed by atoms with Gasteiger partial charge >= 0.3 is 6.03 Å². The minimum atomic E-state index is -3.78. The van der Waals surface area contributed by atoms with Crippen molar-refractivity contribution >= 4 is 45.2 Å². The van der Waals surface area contributed by atoms with Crippen LogP contribution < -0.4 is 10.6 Å². The zero-order valence-electron chi connectivity index (χ0n) is 17.4. The lowest BCUT2D eigenvalue weighted by Crippen LogP contribution is -2.53. The van der Waals surface area contributed by atoms with Gasteiger partial charge in [-0.3, -0.25) is 15.0 Å². The number of amides is 3. The molecule has 0 bridgehead atoms. The van der Waals surface area contributed by atoms with E-state index in [1.54, 1.807) is 6.07 Å². The van der Waals surface area contributed by atoms with Crippen molar-refractivity contribution in [2.24, 2.45) is 5.92 Å². The van der Waals surface area contributed by atoms with Crippen LogP contribution in [0.15, 0.2) is 23.1 Å². The smallest absolute Gasteiger partial charge is 0.321 e. The molecule has 1 saturated heterocycles. The molecule has 2 aliphatic rings. The van der Waals surface area contributed by atoms with Gasteiger partial charge in [-0.1, -0.05) is 49.0 Å². The molecular weight excluding hydrogens is 463 g/mol. The first kappa shape index (κ1) is 24.3. The van der Waals surface area contributed by atoms with Crippen molar-refractivity contribution in [3.63, 3.8) is 0 Å². The van der Waals surface area contributed by atoms with Crippen molar-refractivity contribution < 1.29 is 18.0 Å². The van der Waals surface area contributed by atoms with E-state index in [2.05, 4.69) is 17.6 Å². The van der Waals surface area contributed by atoms with Crippen molar-refractivity contribution in [2.45, 2.75) is 43.5 Å².